The summed E-state index contributed by atoms with van der Waals surface area (Å²) in [6.45, 7) is 12.1. The molecule has 0 spiro atoms. The van der Waals surface area contributed by atoms with Crippen LogP contribution in [0.1, 0.15) is 49.1 Å². The standard InChI is InChI=1S/C14H24N2OS/c1-8-7-11(10(3)18-8)9(2)16-13(17)12(15)14(4,5)6/h7,9,12H,15H2,1-6H3,(H,16,17)/t9?,12-/m0/s1. The van der Waals surface area contributed by atoms with Gasteiger partial charge in [0.1, 0.15) is 0 Å². The molecule has 0 bridgehead atoms. The second-order valence-corrected chi connectivity index (χ2v) is 7.40. The molecule has 1 heterocycles. The van der Waals surface area contributed by atoms with Crippen LogP contribution in [0.25, 0.3) is 0 Å². The van der Waals surface area contributed by atoms with Gasteiger partial charge in [0.05, 0.1) is 12.1 Å². The average molecular weight is 268 g/mol. The van der Waals surface area contributed by atoms with Gasteiger partial charge in [0, 0.05) is 9.75 Å². The van der Waals surface area contributed by atoms with Gasteiger partial charge in [0.15, 0.2) is 0 Å². The third-order valence-electron chi connectivity index (χ3n) is 3.12. The third-order valence-corrected chi connectivity index (χ3v) is 4.10. The van der Waals surface area contributed by atoms with Crippen molar-refractivity contribution < 1.29 is 4.79 Å². The van der Waals surface area contributed by atoms with Crippen molar-refractivity contribution in [3.63, 3.8) is 0 Å². The molecule has 18 heavy (non-hydrogen) atoms. The van der Waals surface area contributed by atoms with E-state index in [0.29, 0.717) is 0 Å². The molecule has 3 nitrogen and oxygen atoms in total. The molecule has 0 radical (unpaired) electrons. The lowest BCUT2D eigenvalue weighted by Crippen LogP contribution is -2.49. The maximum atomic E-state index is 12.1. The Balaban J connectivity index is 2.74. The molecule has 0 aliphatic carbocycles. The Bertz CT molecular complexity index is 431. The van der Waals surface area contributed by atoms with E-state index in [2.05, 4.69) is 25.2 Å². The van der Waals surface area contributed by atoms with Gasteiger partial charge in [-0.3, -0.25) is 4.79 Å². The van der Waals surface area contributed by atoms with Crippen molar-refractivity contribution in [2.45, 2.75) is 53.6 Å². The fourth-order valence-corrected chi connectivity index (χ4v) is 2.88. The number of aryl methyl sites for hydroxylation is 2. The third kappa shape index (κ3) is 3.56. The molecule has 0 saturated carbocycles. The second-order valence-electron chi connectivity index (χ2n) is 5.94. The highest BCUT2D eigenvalue weighted by Gasteiger charge is 2.28. The summed E-state index contributed by atoms with van der Waals surface area (Å²) in [6, 6.07) is 1.66. The Kier molecular flexibility index (Phi) is 4.56. The molecule has 1 unspecified atom stereocenters. The highest BCUT2D eigenvalue weighted by atomic mass is 32.1. The number of hydrogen-bond acceptors (Lipinski definition) is 3. The molecule has 1 aromatic rings. The van der Waals surface area contributed by atoms with Gasteiger partial charge >= 0.3 is 0 Å². The van der Waals surface area contributed by atoms with Crippen LogP contribution in [-0.2, 0) is 4.79 Å². The van der Waals surface area contributed by atoms with Crippen molar-refractivity contribution in [1.82, 2.24) is 5.32 Å². The average Bonchev–Trinajstić information content (AvgIpc) is 2.55. The van der Waals surface area contributed by atoms with Crippen LogP contribution in [0.3, 0.4) is 0 Å². The highest BCUT2D eigenvalue weighted by Crippen LogP contribution is 2.26. The van der Waals surface area contributed by atoms with E-state index < -0.39 is 6.04 Å². The number of amides is 1. The van der Waals surface area contributed by atoms with Crippen molar-refractivity contribution >= 4 is 17.2 Å². The number of nitrogens with one attached hydrogen (secondary N) is 1. The molecule has 1 amide bonds. The zero-order valence-electron chi connectivity index (χ0n) is 12.1. The first kappa shape index (κ1) is 15.2. The number of thiophene rings is 1. The monoisotopic (exact) mass is 268 g/mol. The van der Waals surface area contributed by atoms with Crippen LogP contribution in [0.15, 0.2) is 6.07 Å². The van der Waals surface area contributed by atoms with Gasteiger partial charge in [-0.2, -0.15) is 0 Å². The maximum Gasteiger partial charge on any atom is 0.237 e. The molecule has 4 heteroatoms. The van der Waals surface area contributed by atoms with E-state index in [9.17, 15) is 4.79 Å². The Morgan fingerprint density at radius 1 is 1.39 bits per heavy atom. The van der Waals surface area contributed by atoms with Gasteiger partial charge in [0.2, 0.25) is 5.91 Å². The van der Waals surface area contributed by atoms with Gasteiger partial charge < -0.3 is 11.1 Å². The minimum atomic E-state index is -0.486. The van der Waals surface area contributed by atoms with Gasteiger partial charge in [-0.15, -0.1) is 11.3 Å². The van der Waals surface area contributed by atoms with E-state index in [4.69, 9.17) is 5.73 Å². The van der Waals surface area contributed by atoms with E-state index in [0.717, 1.165) is 0 Å². The molecule has 0 aromatic carbocycles. The molecule has 102 valence electrons. The maximum absolute atomic E-state index is 12.1. The normalized spacial score (nSPS) is 15.3. The van der Waals surface area contributed by atoms with Crippen molar-refractivity contribution in [2.75, 3.05) is 0 Å². The Morgan fingerprint density at radius 2 is 1.94 bits per heavy atom. The summed E-state index contributed by atoms with van der Waals surface area (Å²) in [6.07, 6.45) is 0. The second kappa shape index (κ2) is 5.41. The molecule has 0 fully saturated rings. The van der Waals surface area contributed by atoms with Crippen molar-refractivity contribution in [3.05, 3.63) is 21.4 Å². The SMILES string of the molecule is Cc1cc(C(C)NC(=O)[C@H](N)C(C)(C)C)c(C)s1. The van der Waals surface area contributed by atoms with Crippen LogP contribution in [0.5, 0.6) is 0 Å². The predicted octanol–water partition coefficient (Wildman–Crippen LogP) is 2.92. The highest BCUT2D eigenvalue weighted by molar-refractivity contribution is 7.12. The van der Waals surface area contributed by atoms with Crippen LogP contribution >= 0.6 is 11.3 Å². The predicted molar refractivity (Wildman–Crippen MR) is 77.8 cm³/mol. The first-order valence-electron chi connectivity index (χ1n) is 6.26. The van der Waals surface area contributed by atoms with Crippen molar-refractivity contribution in [1.29, 1.82) is 0 Å². The Labute approximate surface area is 114 Å². The summed E-state index contributed by atoms with van der Waals surface area (Å²) in [5.41, 5.74) is 6.92. The Hall–Kier alpha value is -0.870. The fourth-order valence-electron chi connectivity index (χ4n) is 1.85. The van der Waals surface area contributed by atoms with Crippen LogP contribution in [0.4, 0.5) is 0 Å². The molecular formula is C14H24N2OS. The lowest BCUT2D eigenvalue weighted by Gasteiger charge is -2.27. The van der Waals surface area contributed by atoms with E-state index in [-0.39, 0.29) is 17.4 Å². The van der Waals surface area contributed by atoms with E-state index >= 15 is 0 Å². The fraction of sp³-hybridized carbons (Fsp3) is 0.643. The summed E-state index contributed by atoms with van der Waals surface area (Å²) < 4.78 is 0. The number of carbonyl (C=O) groups is 1. The van der Waals surface area contributed by atoms with Gasteiger partial charge in [-0.05, 0) is 37.8 Å². The quantitative estimate of drug-likeness (QED) is 0.885. The van der Waals surface area contributed by atoms with Crippen LogP contribution < -0.4 is 11.1 Å². The van der Waals surface area contributed by atoms with E-state index in [1.165, 1.54) is 15.3 Å². The Morgan fingerprint density at radius 3 is 2.33 bits per heavy atom. The zero-order valence-corrected chi connectivity index (χ0v) is 12.9. The first-order chi connectivity index (χ1) is 8.12. The number of carbonyl (C=O) groups excluding carboxylic acids is 1. The largest absolute Gasteiger partial charge is 0.348 e. The molecule has 2 atom stereocenters. The molecular weight excluding hydrogens is 244 g/mol. The summed E-state index contributed by atoms with van der Waals surface area (Å²) in [5, 5.41) is 3.00. The first-order valence-corrected chi connectivity index (χ1v) is 7.07. The van der Waals surface area contributed by atoms with E-state index in [1.54, 1.807) is 11.3 Å². The topological polar surface area (TPSA) is 55.1 Å². The summed E-state index contributed by atoms with van der Waals surface area (Å²) in [7, 11) is 0. The smallest absolute Gasteiger partial charge is 0.237 e. The number of nitrogens with two attached hydrogens (primary N) is 1. The van der Waals surface area contributed by atoms with Crippen LogP contribution in [0.2, 0.25) is 0 Å². The van der Waals surface area contributed by atoms with Gasteiger partial charge in [0.25, 0.3) is 0 Å². The molecule has 0 aliphatic heterocycles. The molecule has 1 aromatic heterocycles. The van der Waals surface area contributed by atoms with Gasteiger partial charge in [-0.25, -0.2) is 0 Å². The summed E-state index contributed by atoms with van der Waals surface area (Å²) in [5.74, 6) is -0.0850. The zero-order chi connectivity index (χ0) is 14.1. The van der Waals surface area contributed by atoms with Gasteiger partial charge in [-0.1, -0.05) is 20.8 Å². The van der Waals surface area contributed by atoms with Crippen molar-refractivity contribution in [2.24, 2.45) is 11.1 Å². The minimum Gasteiger partial charge on any atom is -0.348 e. The lowest BCUT2D eigenvalue weighted by atomic mass is 9.86. The van der Waals surface area contributed by atoms with Crippen molar-refractivity contribution in [3.8, 4) is 0 Å². The number of rotatable bonds is 3. The number of hydrogen-bond donors (Lipinski definition) is 2. The molecule has 0 aliphatic rings. The van der Waals surface area contributed by atoms with Crippen LogP contribution in [-0.4, -0.2) is 11.9 Å². The molecule has 0 saturated heterocycles. The lowest BCUT2D eigenvalue weighted by molar-refractivity contribution is -0.125. The molecule has 1 rings (SSSR count). The molecule has 3 N–H and O–H groups in total. The van der Waals surface area contributed by atoms with E-state index in [1.807, 2.05) is 27.7 Å². The van der Waals surface area contributed by atoms with Crippen LogP contribution in [0, 0.1) is 19.3 Å². The minimum absolute atomic E-state index is 0.0100. The summed E-state index contributed by atoms with van der Waals surface area (Å²) >= 11 is 1.76. The summed E-state index contributed by atoms with van der Waals surface area (Å²) in [4.78, 5) is 14.6.